The Bertz CT molecular complexity index is 304. The van der Waals surface area contributed by atoms with E-state index in [4.69, 9.17) is 4.74 Å². The highest BCUT2D eigenvalue weighted by molar-refractivity contribution is 14.1. The molecule has 0 aliphatic carbocycles. The van der Waals surface area contributed by atoms with Gasteiger partial charge in [-0.15, -0.1) is 0 Å². The molecule has 1 rings (SSSR count). The maximum Gasteiger partial charge on any atom is 0.188 e. The largest absolute Gasteiger partial charge is 0.464 e. The van der Waals surface area contributed by atoms with E-state index < -0.39 is 11.6 Å². The molecule has 1 aromatic carbocycles. The molecule has 0 saturated carbocycles. The maximum atomic E-state index is 12.9. The van der Waals surface area contributed by atoms with Crippen molar-refractivity contribution in [3.8, 4) is 5.75 Å². The Morgan fingerprint density at radius 3 is 2.62 bits per heavy atom. The number of halogens is 3. The maximum absolute atomic E-state index is 12.9. The summed E-state index contributed by atoms with van der Waals surface area (Å²) in [5.41, 5.74) is 0. The Hall–Kier alpha value is -0.430. The summed E-state index contributed by atoms with van der Waals surface area (Å²) in [7, 11) is 1.42. The average molecular weight is 300 g/mol. The standard InChI is InChI=1S/C8H7F2IO2/c1-12-4-13-8-3-7(11)5(9)2-6(8)10/h2-3H,4H2,1H3. The first-order chi connectivity index (χ1) is 6.15. The van der Waals surface area contributed by atoms with Crippen molar-refractivity contribution in [2.45, 2.75) is 0 Å². The lowest BCUT2D eigenvalue weighted by Gasteiger charge is -2.06. The third kappa shape index (κ3) is 2.77. The molecule has 13 heavy (non-hydrogen) atoms. The Morgan fingerprint density at radius 2 is 2.00 bits per heavy atom. The van der Waals surface area contributed by atoms with Gasteiger partial charge in [0, 0.05) is 13.2 Å². The number of hydrogen-bond donors (Lipinski definition) is 0. The van der Waals surface area contributed by atoms with Crippen molar-refractivity contribution < 1.29 is 18.3 Å². The first kappa shape index (κ1) is 10.6. The molecule has 0 radical (unpaired) electrons. The lowest BCUT2D eigenvalue weighted by Crippen LogP contribution is -2.01. The number of rotatable bonds is 3. The van der Waals surface area contributed by atoms with Crippen LogP contribution in [0.1, 0.15) is 0 Å². The molecular weight excluding hydrogens is 293 g/mol. The van der Waals surface area contributed by atoms with Crippen molar-refractivity contribution in [1.82, 2.24) is 0 Å². The second-order valence-electron chi connectivity index (χ2n) is 2.25. The van der Waals surface area contributed by atoms with Crippen LogP contribution in [0.4, 0.5) is 8.78 Å². The summed E-state index contributed by atoms with van der Waals surface area (Å²) >= 11 is 1.76. The minimum absolute atomic E-state index is 0.00681. The minimum Gasteiger partial charge on any atom is -0.464 e. The summed E-state index contributed by atoms with van der Waals surface area (Å²) in [6, 6.07) is 2.07. The van der Waals surface area contributed by atoms with Gasteiger partial charge in [-0.05, 0) is 28.7 Å². The molecule has 1 aromatic rings. The van der Waals surface area contributed by atoms with Gasteiger partial charge in [-0.25, -0.2) is 8.78 Å². The molecule has 0 aliphatic heterocycles. The Kier molecular flexibility index (Phi) is 3.86. The molecule has 0 bridgehead atoms. The first-order valence-electron chi connectivity index (χ1n) is 3.41. The van der Waals surface area contributed by atoms with Crippen molar-refractivity contribution >= 4 is 22.6 Å². The highest BCUT2D eigenvalue weighted by atomic mass is 127. The van der Waals surface area contributed by atoms with Gasteiger partial charge >= 0.3 is 0 Å². The van der Waals surface area contributed by atoms with E-state index in [0.717, 1.165) is 6.07 Å². The van der Waals surface area contributed by atoms with Gasteiger partial charge in [-0.3, -0.25) is 0 Å². The van der Waals surface area contributed by atoms with E-state index >= 15 is 0 Å². The molecule has 0 spiro atoms. The van der Waals surface area contributed by atoms with E-state index in [1.54, 1.807) is 22.6 Å². The van der Waals surface area contributed by atoms with Gasteiger partial charge in [0.1, 0.15) is 5.82 Å². The SMILES string of the molecule is COCOc1cc(I)c(F)cc1F. The smallest absolute Gasteiger partial charge is 0.188 e. The number of benzene rings is 1. The molecule has 0 unspecified atom stereocenters. The van der Waals surface area contributed by atoms with Crippen LogP contribution in [0.2, 0.25) is 0 Å². The molecule has 0 aliphatic rings. The number of methoxy groups -OCH3 is 1. The van der Waals surface area contributed by atoms with Crippen LogP contribution in [0, 0.1) is 15.2 Å². The zero-order valence-electron chi connectivity index (χ0n) is 6.81. The zero-order chi connectivity index (χ0) is 9.84. The van der Waals surface area contributed by atoms with Crippen LogP contribution >= 0.6 is 22.6 Å². The van der Waals surface area contributed by atoms with Crippen LogP contribution in [0.25, 0.3) is 0 Å². The van der Waals surface area contributed by atoms with Crippen LogP contribution in [-0.4, -0.2) is 13.9 Å². The van der Waals surface area contributed by atoms with E-state index in [2.05, 4.69) is 4.74 Å². The van der Waals surface area contributed by atoms with Gasteiger partial charge in [0.05, 0.1) is 3.57 Å². The Labute approximate surface area is 88.0 Å². The van der Waals surface area contributed by atoms with Gasteiger partial charge in [0.25, 0.3) is 0 Å². The van der Waals surface area contributed by atoms with Crippen LogP contribution in [0.15, 0.2) is 12.1 Å². The molecule has 0 amide bonds. The molecule has 0 atom stereocenters. The van der Waals surface area contributed by atoms with Gasteiger partial charge < -0.3 is 9.47 Å². The molecule has 0 saturated heterocycles. The number of ether oxygens (including phenoxy) is 2. The molecule has 0 fully saturated rings. The van der Waals surface area contributed by atoms with Gasteiger partial charge in [-0.2, -0.15) is 0 Å². The van der Waals surface area contributed by atoms with Crippen molar-refractivity contribution in [1.29, 1.82) is 0 Å². The molecule has 0 N–H and O–H groups in total. The summed E-state index contributed by atoms with van der Waals surface area (Å²) in [5, 5.41) is 0. The average Bonchev–Trinajstić information content (AvgIpc) is 2.09. The quantitative estimate of drug-likeness (QED) is 0.485. The monoisotopic (exact) mass is 300 g/mol. The van der Waals surface area contributed by atoms with Crippen LogP contribution < -0.4 is 4.74 Å². The normalized spacial score (nSPS) is 10.2. The second kappa shape index (κ2) is 4.71. The molecule has 2 nitrogen and oxygen atoms in total. The summed E-state index contributed by atoms with van der Waals surface area (Å²) in [5.74, 6) is -1.33. The Balaban J connectivity index is 2.88. The Morgan fingerprint density at radius 1 is 1.31 bits per heavy atom. The van der Waals surface area contributed by atoms with Gasteiger partial charge in [0.15, 0.2) is 18.4 Å². The third-order valence-electron chi connectivity index (χ3n) is 1.31. The van der Waals surface area contributed by atoms with E-state index in [-0.39, 0.29) is 12.5 Å². The summed E-state index contributed by atoms with van der Waals surface area (Å²) in [4.78, 5) is 0. The predicted molar refractivity (Wildman–Crippen MR) is 51.6 cm³/mol. The fourth-order valence-corrected chi connectivity index (χ4v) is 1.18. The summed E-state index contributed by atoms with van der Waals surface area (Å²) in [6.45, 7) is -0.0569. The zero-order valence-corrected chi connectivity index (χ0v) is 8.97. The second-order valence-corrected chi connectivity index (χ2v) is 3.41. The van der Waals surface area contributed by atoms with Crippen molar-refractivity contribution in [3.63, 3.8) is 0 Å². The first-order valence-corrected chi connectivity index (χ1v) is 4.49. The topological polar surface area (TPSA) is 18.5 Å². The molecular formula is C8H7F2IO2. The molecule has 0 aromatic heterocycles. The van der Waals surface area contributed by atoms with Crippen LogP contribution in [0.3, 0.4) is 0 Å². The molecule has 0 heterocycles. The van der Waals surface area contributed by atoms with Crippen molar-refractivity contribution in [2.75, 3.05) is 13.9 Å². The fourth-order valence-electron chi connectivity index (χ4n) is 0.737. The lowest BCUT2D eigenvalue weighted by atomic mass is 10.3. The van der Waals surface area contributed by atoms with E-state index in [9.17, 15) is 8.78 Å². The van der Waals surface area contributed by atoms with Gasteiger partial charge in [0.2, 0.25) is 0 Å². The predicted octanol–water partition coefficient (Wildman–Crippen LogP) is 2.55. The molecule has 72 valence electrons. The minimum atomic E-state index is -0.727. The summed E-state index contributed by atoms with van der Waals surface area (Å²) in [6.07, 6.45) is 0. The number of hydrogen-bond acceptors (Lipinski definition) is 2. The van der Waals surface area contributed by atoms with E-state index in [0.29, 0.717) is 3.57 Å². The van der Waals surface area contributed by atoms with Gasteiger partial charge in [-0.1, -0.05) is 0 Å². The fraction of sp³-hybridized carbons (Fsp3) is 0.250. The third-order valence-corrected chi connectivity index (χ3v) is 2.13. The highest BCUT2D eigenvalue weighted by Gasteiger charge is 2.08. The van der Waals surface area contributed by atoms with Crippen molar-refractivity contribution in [2.24, 2.45) is 0 Å². The van der Waals surface area contributed by atoms with E-state index in [1.807, 2.05) is 0 Å². The van der Waals surface area contributed by atoms with Crippen LogP contribution in [-0.2, 0) is 4.74 Å². The van der Waals surface area contributed by atoms with E-state index in [1.165, 1.54) is 13.2 Å². The summed E-state index contributed by atoms with van der Waals surface area (Å²) < 4.78 is 35.4. The van der Waals surface area contributed by atoms with Crippen LogP contribution in [0.5, 0.6) is 5.75 Å². The lowest BCUT2D eigenvalue weighted by molar-refractivity contribution is 0.0481. The van der Waals surface area contributed by atoms with Crippen molar-refractivity contribution in [3.05, 3.63) is 27.3 Å². The highest BCUT2D eigenvalue weighted by Crippen LogP contribution is 2.22. The molecule has 5 heteroatoms.